The molecule has 1 aliphatic heterocycles. The Balaban J connectivity index is 2.03. The fourth-order valence-corrected chi connectivity index (χ4v) is 4.44. The molecule has 25 heavy (non-hydrogen) atoms. The number of rotatable bonds is 2. The van der Waals surface area contributed by atoms with Crippen LogP contribution in [0.2, 0.25) is 0 Å². The van der Waals surface area contributed by atoms with Gasteiger partial charge in [-0.2, -0.15) is 0 Å². The van der Waals surface area contributed by atoms with Crippen LogP contribution >= 0.6 is 0 Å². The van der Waals surface area contributed by atoms with Gasteiger partial charge in [-0.1, -0.05) is 0 Å². The van der Waals surface area contributed by atoms with Crippen LogP contribution < -0.4 is 4.72 Å². The normalized spacial score (nSPS) is 25.3. The average molecular weight is 373 g/mol. The van der Waals surface area contributed by atoms with Crippen LogP contribution in [0.3, 0.4) is 0 Å². The first-order valence-electron chi connectivity index (χ1n) is 9.00. The van der Waals surface area contributed by atoms with E-state index >= 15 is 0 Å². The first-order valence-corrected chi connectivity index (χ1v) is 10.2. The number of likely N-dealkylation sites (tertiary alicyclic amines) is 1. The number of piperidine rings is 1. The van der Waals surface area contributed by atoms with Crippen LogP contribution in [0.5, 0.6) is 0 Å². The SMILES string of the molecule is CC(C)(C)OC(=O)N1CCC2(CC1)CC(=O)C[C@H]2NS(=O)C(C)(C)C. The van der Waals surface area contributed by atoms with Gasteiger partial charge in [-0.3, -0.25) is 4.79 Å². The zero-order valence-corrected chi connectivity index (χ0v) is 17.1. The summed E-state index contributed by atoms with van der Waals surface area (Å²) < 4.78 is 20.8. The zero-order valence-electron chi connectivity index (χ0n) is 16.3. The number of amides is 1. The van der Waals surface area contributed by atoms with Gasteiger partial charge in [0.25, 0.3) is 0 Å². The molecule has 1 N–H and O–H groups in total. The maximum atomic E-state index is 12.5. The van der Waals surface area contributed by atoms with Gasteiger partial charge < -0.3 is 9.64 Å². The predicted molar refractivity (Wildman–Crippen MR) is 98.5 cm³/mol. The Labute approximate surface area is 153 Å². The lowest BCUT2D eigenvalue weighted by atomic mass is 9.74. The van der Waals surface area contributed by atoms with E-state index < -0.39 is 16.6 Å². The lowest BCUT2D eigenvalue weighted by Gasteiger charge is -2.43. The molecule has 6 nitrogen and oxygen atoms in total. The summed E-state index contributed by atoms with van der Waals surface area (Å²) in [6, 6.07) is -0.0826. The van der Waals surface area contributed by atoms with Crippen LogP contribution in [0.15, 0.2) is 0 Å². The van der Waals surface area contributed by atoms with E-state index in [-0.39, 0.29) is 28.1 Å². The summed E-state index contributed by atoms with van der Waals surface area (Å²) in [5.74, 6) is 0.217. The van der Waals surface area contributed by atoms with Gasteiger partial charge in [0, 0.05) is 32.0 Å². The van der Waals surface area contributed by atoms with E-state index in [1.165, 1.54) is 0 Å². The Kier molecular flexibility index (Phi) is 5.69. The van der Waals surface area contributed by atoms with Crippen molar-refractivity contribution in [2.45, 2.75) is 83.6 Å². The van der Waals surface area contributed by atoms with Crippen LogP contribution in [0, 0.1) is 5.41 Å². The lowest BCUT2D eigenvalue weighted by molar-refractivity contribution is -0.118. The summed E-state index contributed by atoms with van der Waals surface area (Å²) in [5.41, 5.74) is -0.709. The minimum Gasteiger partial charge on any atom is -0.444 e. The second-order valence-corrected chi connectivity index (χ2v) is 11.3. The average Bonchev–Trinajstić information content (AvgIpc) is 2.72. The maximum absolute atomic E-state index is 12.5. The molecule has 1 saturated carbocycles. The van der Waals surface area contributed by atoms with Crippen molar-refractivity contribution in [3.8, 4) is 0 Å². The molecule has 0 bridgehead atoms. The van der Waals surface area contributed by atoms with E-state index in [0.717, 1.165) is 12.8 Å². The van der Waals surface area contributed by atoms with Crippen molar-refractivity contribution in [2.24, 2.45) is 5.41 Å². The number of hydrogen-bond donors (Lipinski definition) is 1. The largest absolute Gasteiger partial charge is 0.444 e. The minimum atomic E-state index is -1.21. The van der Waals surface area contributed by atoms with Crippen LogP contribution in [0.25, 0.3) is 0 Å². The number of ether oxygens (including phenoxy) is 1. The summed E-state index contributed by atoms with van der Waals surface area (Å²) in [5, 5.41) is 0. The molecule has 7 heteroatoms. The first-order chi connectivity index (χ1) is 11.3. The van der Waals surface area contributed by atoms with Crippen LogP contribution in [-0.2, 0) is 20.5 Å². The van der Waals surface area contributed by atoms with Crippen molar-refractivity contribution in [3.63, 3.8) is 0 Å². The molecular weight excluding hydrogens is 340 g/mol. The third-order valence-electron chi connectivity index (χ3n) is 4.94. The molecule has 2 aliphatic rings. The van der Waals surface area contributed by atoms with E-state index in [1.807, 2.05) is 41.5 Å². The number of ketones is 1. The molecule has 2 fully saturated rings. The first kappa shape index (κ1) is 20.4. The highest BCUT2D eigenvalue weighted by Crippen LogP contribution is 2.45. The number of Topliss-reactive ketones (excluding diaryl/α,β-unsaturated/α-hetero) is 1. The number of carbonyl (C=O) groups is 2. The molecule has 0 aromatic rings. The van der Waals surface area contributed by atoms with Gasteiger partial charge in [0.2, 0.25) is 0 Å². The molecule has 2 rings (SSSR count). The molecule has 1 amide bonds. The molecule has 1 heterocycles. The maximum Gasteiger partial charge on any atom is 0.410 e. The van der Waals surface area contributed by atoms with E-state index in [2.05, 4.69) is 4.72 Å². The second kappa shape index (κ2) is 6.99. The van der Waals surface area contributed by atoms with Crippen molar-refractivity contribution >= 4 is 22.9 Å². The van der Waals surface area contributed by atoms with Crippen molar-refractivity contribution in [2.75, 3.05) is 13.1 Å². The van der Waals surface area contributed by atoms with Crippen molar-refractivity contribution < 1.29 is 18.5 Å². The quantitative estimate of drug-likeness (QED) is 0.809. The molecule has 0 aromatic carbocycles. The summed E-state index contributed by atoms with van der Waals surface area (Å²) >= 11 is 0. The van der Waals surface area contributed by atoms with Gasteiger partial charge >= 0.3 is 6.09 Å². The van der Waals surface area contributed by atoms with Gasteiger partial charge in [-0.05, 0) is 59.8 Å². The molecule has 144 valence electrons. The molecule has 1 spiro atoms. The number of nitrogens with one attached hydrogen (secondary N) is 1. The van der Waals surface area contributed by atoms with Gasteiger partial charge in [-0.25, -0.2) is 13.7 Å². The fraction of sp³-hybridized carbons (Fsp3) is 0.889. The van der Waals surface area contributed by atoms with E-state index in [1.54, 1.807) is 4.90 Å². The predicted octanol–water partition coefficient (Wildman–Crippen LogP) is 2.79. The number of carbonyl (C=O) groups excluding carboxylic acids is 2. The molecule has 1 aliphatic carbocycles. The van der Waals surface area contributed by atoms with Crippen LogP contribution in [0.4, 0.5) is 4.79 Å². The van der Waals surface area contributed by atoms with E-state index in [9.17, 15) is 13.8 Å². The van der Waals surface area contributed by atoms with Gasteiger partial charge in [0.05, 0.1) is 15.7 Å². The molecule has 1 unspecified atom stereocenters. The second-order valence-electron chi connectivity index (χ2n) is 9.30. The van der Waals surface area contributed by atoms with Gasteiger partial charge in [-0.15, -0.1) is 0 Å². The highest BCUT2D eigenvalue weighted by molar-refractivity contribution is 7.84. The topological polar surface area (TPSA) is 75.7 Å². The third-order valence-corrected chi connectivity index (χ3v) is 6.55. The highest BCUT2D eigenvalue weighted by atomic mass is 32.2. The van der Waals surface area contributed by atoms with Crippen molar-refractivity contribution in [3.05, 3.63) is 0 Å². The smallest absolute Gasteiger partial charge is 0.410 e. The number of hydrogen-bond acceptors (Lipinski definition) is 4. The van der Waals surface area contributed by atoms with Gasteiger partial charge in [0.1, 0.15) is 11.4 Å². The fourth-order valence-electron chi connectivity index (χ4n) is 3.49. The number of nitrogens with zero attached hydrogens (tertiary/aromatic N) is 1. The minimum absolute atomic E-state index is 0.0826. The van der Waals surface area contributed by atoms with E-state index in [4.69, 9.17) is 4.74 Å². The molecule has 2 atom stereocenters. The van der Waals surface area contributed by atoms with Crippen molar-refractivity contribution in [1.82, 2.24) is 9.62 Å². The Morgan fingerprint density at radius 2 is 1.76 bits per heavy atom. The highest BCUT2D eigenvalue weighted by Gasteiger charge is 2.50. The van der Waals surface area contributed by atoms with Crippen LogP contribution in [0.1, 0.15) is 67.2 Å². The molecule has 1 saturated heterocycles. The summed E-state index contributed by atoms with van der Waals surface area (Å²) in [6.45, 7) is 12.5. The summed E-state index contributed by atoms with van der Waals surface area (Å²) in [7, 11) is -1.21. The monoisotopic (exact) mass is 372 g/mol. The Morgan fingerprint density at radius 1 is 1.20 bits per heavy atom. The molecule has 0 radical (unpaired) electrons. The summed E-state index contributed by atoms with van der Waals surface area (Å²) in [4.78, 5) is 26.1. The van der Waals surface area contributed by atoms with Crippen molar-refractivity contribution in [1.29, 1.82) is 0 Å². The zero-order chi connectivity index (χ0) is 19.0. The Hall–Kier alpha value is -0.950. The summed E-state index contributed by atoms with van der Waals surface area (Å²) in [6.07, 6.45) is 2.10. The Bertz CT molecular complexity index is 554. The van der Waals surface area contributed by atoms with E-state index in [0.29, 0.717) is 25.9 Å². The Morgan fingerprint density at radius 3 is 2.24 bits per heavy atom. The molecular formula is C18H32N2O4S. The molecule has 0 aromatic heterocycles. The third kappa shape index (κ3) is 5.03. The lowest BCUT2D eigenvalue weighted by Crippen LogP contribution is -2.52. The van der Waals surface area contributed by atoms with Gasteiger partial charge in [0.15, 0.2) is 0 Å². The standard InChI is InChI=1S/C18H32N2O4S/c1-16(2,3)24-15(22)20-9-7-18(8-10-20)12-13(21)11-14(18)19-25(23)17(4,5)6/h14,19H,7-12H2,1-6H3/t14-,25?/m1/s1. The van der Waals surface area contributed by atoms with Crippen LogP contribution in [-0.4, -0.2) is 50.5 Å².